The van der Waals surface area contributed by atoms with Crippen molar-refractivity contribution in [3.05, 3.63) is 35.6 Å². The van der Waals surface area contributed by atoms with Gasteiger partial charge in [0.15, 0.2) is 0 Å². The largest absolute Gasteiger partial charge is 0.240 e. The number of allylic oxidation sites excluding steroid dienone is 5. The molecule has 2 heteroatoms. The SMILES string of the molecule is CC1=CC=CC(N=C=O)=CC1. The van der Waals surface area contributed by atoms with E-state index in [-0.39, 0.29) is 0 Å². The molecule has 0 unspecified atom stereocenters. The van der Waals surface area contributed by atoms with Crippen molar-refractivity contribution in [1.29, 1.82) is 0 Å². The first-order valence-electron chi connectivity index (χ1n) is 3.45. The van der Waals surface area contributed by atoms with Gasteiger partial charge in [-0.2, -0.15) is 4.99 Å². The minimum atomic E-state index is 0.688. The van der Waals surface area contributed by atoms with Crippen LogP contribution in [0.2, 0.25) is 0 Å². The minimum absolute atomic E-state index is 0.688. The molecule has 0 heterocycles. The minimum Gasteiger partial charge on any atom is -0.211 e. The Labute approximate surface area is 65.6 Å². The van der Waals surface area contributed by atoms with E-state index in [2.05, 4.69) is 4.99 Å². The van der Waals surface area contributed by atoms with Crippen molar-refractivity contribution < 1.29 is 4.79 Å². The second-order valence-electron chi connectivity index (χ2n) is 2.41. The van der Waals surface area contributed by atoms with Crippen molar-refractivity contribution in [2.45, 2.75) is 13.3 Å². The molecule has 0 aromatic rings. The Morgan fingerprint density at radius 2 is 2.45 bits per heavy atom. The van der Waals surface area contributed by atoms with E-state index in [4.69, 9.17) is 0 Å². The van der Waals surface area contributed by atoms with Gasteiger partial charge in [-0.25, -0.2) is 4.79 Å². The van der Waals surface area contributed by atoms with Crippen molar-refractivity contribution >= 4 is 6.08 Å². The number of nitrogens with zero attached hydrogens (tertiary/aromatic N) is 1. The molecule has 0 atom stereocenters. The van der Waals surface area contributed by atoms with Crippen LogP contribution in [0.3, 0.4) is 0 Å². The maximum Gasteiger partial charge on any atom is 0.240 e. The van der Waals surface area contributed by atoms with Gasteiger partial charge in [0.25, 0.3) is 0 Å². The molecule has 11 heavy (non-hydrogen) atoms. The van der Waals surface area contributed by atoms with E-state index in [9.17, 15) is 4.79 Å². The molecule has 2 nitrogen and oxygen atoms in total. The zero-order valence-electron chi connectivity index (χ0n) is 6.37. The summed E-state index contributed by atoms with van der Waals surface area (Å²) in [6.07, 6.45) is 9.95. The molecule has 0 saturated heterocycles. The number of hydrogen-bond donors (Lipinski definition) is 0. The Balaban J connectivity index is 2.81. The van der Waals surface area contributed by atoms with Gasteiger partial charge in [0.1, 0.15) is 0 Å². The van der Waals surface area contributed by atoms with Crippen LogP contribution in [0, 0.1) is 0 Å². The highest BCUT2D eigenvalue weighted by molar-refractivity contribution is 5.41. The Morgan fingerprint density at radius 3 is 3.18 bits per heavy atom. The number of hydrogen-bond acceptors (Lipinski definition) is 2. The summed E-state index contributed by atoms with van der Waals surface area (Å²) < 4.78 is 0. The van der Waals surface area contributed by atoms with E-state index >= 15 is 0 Å². The second kappa shape index (κ2) is 3.69. The number of rotatable bonds is 1. The summed E-state index contributed by atoms with van der Waals surface area (Å²) in [4.78, 5) is 13.4. The van der Waals surface area contributed by atoms with Crippen molar-refractivity contribution in [3.63, 3.8) is 0 Å². The van der Waals surface area contributed by atoms with Crippen LogP contribution in [0.15, 0.2) is 40.6 Å². The fourth-order valence-corrected chi connectivity index (χ4v) is 0.848. The zero-order chi connectivity index (χ0) is 8.10. The van der Waals surface area contributed by atoms with Crippen LogP contribution in [0.1, 0.15) is 13.3 Å². The molecule has 0 bridgehead atoms. The molecule has 0 spiro atoms. The first-order chi connectivity index (χ1) is 5.33. The molecule has 0 amide bonds. The van der Waals surface area contributed by atoms with Crippen molar-refractivity contribution in [1.82, 2.24) is 0 Å². The average Bonchev–Trinajstić information content (AvgIpc) is 2.17. The molecule has 1 aliphatic carbocycles. The van der Waals surface area contributed by atoms with E-state index in [1.807, 2.05) is 25.2 Å². The first kappa shape index (κ1) is 7.70. The highest BCUT2D eigenvalue weighted by Gasteiger charge is 1.92. The maximum absolute atomic E-state index is 9.88. The normalized spacial score (nSPS) is 16.1. The van der Waals surface area contributed by atoms with Crippen LogP contribution in [0.4, 0.5) is 0 Å². The number of aliphatic imine (C=N–C) groups is 1. The summed E-state index contributed by atoms with van der Waals surface area (Å²) in [6.45, 7) is 2.04. The van der Waals surface area contributed by atoms with Gasteiger partial charge in [0.2, 0.25) is 6.08 Å². The molecule has 0 aromatic carbocycles. The molecular weight excluding hydrogens is 138 g/mol. The molecule has 0 N–H and O–H groups in total. The van der Waals surface area contributed by atoms with Gasteiger partial charge < -0.3 is 0 Å². The third kappa shape index (κ3) is 2.36. The van der Waals surface area contributed by atoms with E-state index < -0.39 is 0 Å². The third-order valence-corrected chi connectivity index (χ3v) is 1.46. The number of isocyanates is 1. The highest BCUT2D eigenvalue weighted by atomic mass is 16.1. The zero-order valence-corrected chi connectivity index (χ0v) is 6.37. The van der Waals surface area contributed by atoms with Gasteiger partial charge in [-0.15, -0.1) is 0 Å². The highest BCUT2D eigenvalue weighted by Crippen LogP contribution is 2.10. The predicted molar refractivity (Wildman–Crippen MR) is 43.7 cm³/mol. The van der Waals surface area contributed by atoms with Crippen LogP contribution < -0.4 is 0 Å². The molecule has 0 aromatic heterocycles. The van der Waals surface area contributed by atoms with Gasteiger partial charge in [0, 0.05) is 0 Å². The van der Waals surface area contributed by atoms with Crippen LogP contribution in [0.25, 0.3) is 0 Å². The summed E-state index contributed by atoms with van der Waals surface area (Å²) in [5.74, 6) is 0. The van der Waals surface area contributed by atoms with Crippen LogP contribution in [-0.4, -0.2) is 6.08 Å². The smallest absolute Gasteiger partial charge is 0.211 e. The van der Waals surface area contributed by atoms with Crippen LogP contribution in [-0.2, 0) is 4.79 Å². The Kier molecular flexibility index (Phi) is 2.59. The quantitative estimate of drug-likeness (QED) is 0.412. The predicted octanol–water partition coefficient (Wildman–Crippen LogP) is 2.11. The lowest BCUT2D eigenvalue weighted by atomic mass is 10.2. The molecule has 56 valence electrons. The fourth-order valence-electron chi connectivity index (χ4n) is 0.848. The molecule has 1 rings (SSSR count). The van der Waals surface area contributed by atoms with E-state index in [0.717, 1.165) is 6.42 Å². The lowest BCUT2D eigenvalue weighted by Gasteiger charge is -1.89. The molecule has 1 aliphatic rings. The third-order valence-electron chi connectivity index (χ3n) is 1.46. The molecule has 0 radical (unpaired) electrons. The standard InChI is InChI=1S/C9H9NO/c1-8-3-2-4-9(6-5-8)10-7-11/h2-4,6H,5H2,1H3. The van der Waals surface area contributed by atoms with Crippen molar-refractivity contribution in [2.24, 2.45) is 4.99 Å². The van der Waals surface area contributed by atoms with Crippen LogP contribution >= 0.6 is 0 Å². The van der Waals surface area contributed by atoms with Gasteiger partial charge in [-0.05, 0) is 19.4 Å². The Hall–Kier alpha value is -1.40. The van der Waals surface area contributed by atoms with Gasteiger partial charge >= 0.3 is 0 Å². The lowest BCUT2D eigenvalue weighted by molar-refractivity contribution is 0.565. The van der Waals surface area contributed by atoms with Crippen LogP contribution in [0.5, 0.6) is 0 Å². The Morgan fingerprint density at radius 1 is 1.64 bits per heavy atom. The first-order valence-corrected chi connectivity index (χ1v) is 3.45. The summed E-state index contributed by atoms with van der Waals surface area (Å²) in [5.41, 5.74) is 1.95. The summed E-state index contributed by atoms with van der Waals surface area (Å²) >= 11 is 0. The van der Waals surface area contributed by atoms with Crippen molar-refractivity contribution in [3.8, 4) is 0 Å². The van der Waals surface area contributed by atoms with Gasteiger partial charge in [-0.3, -0.25) is 0 Å². The van der Waals surface area contributed by atoms with E-state index in [0.29, 0.717) is 5.70 Å². The summed E-state index contributed by atoms with van der Waals surface area (Å²) in [5, 5.41) is 0. The monoisotopic (exact) mass is 147 g/mol. The topological polar surface area (TPSA) is 29.4 Å². The summed E-state index contributed by atoms with van der Waals surface area (Å²) in [7, 11) is 0. The van der Waals surface area contributed by atoms with Gasteiger partial charge in [-0.1, -0.05) is 23.8 Å². The Bertz CT molecular complexity index is 278. The molecule has 0 saturated carbocycles. The molecular formula is C9H9NO. The fraction of sp³-hybridized carbons (Fsp3) is 0.222. The van der Waals surface area contributed by atoms with E-state index in [1.54, 1.807) is 6.08 Å². The summed E-state index contributed by atoms with van der Waals surface area (Å²) in [6, 6.07) is 0. The van der Waals surface area contributed by atoms with Gasteiger partial charge in [0.05, 0.1) is 5.70 Å². The molecule has 0 aliphatic heterocycles. The van der Waals surface area contributed by atoms with Crippen molar-refractivity contribution in [2.75, 3.05) is 0 Å². The maximum atomic E-state index is 9.88. The number of carbonyl (C=O) groups excluding carboxylic acids is 1. The lowest BCUT2D eigenvalue weighted by Crippen LogP contribution is -1.71. The van der Waals surface area contributed by atoms with E-state index in [1.165, 1.54) is 11.7 Å². The second-order valence-corrected chi connectivity index (χ2v) is 2.41. The average molecular weight is 147 g/mol. The molecule has 0 fully saturated rings.